The summed E-state index contributed by atoms with van der Waals surface area (Å²) in [6.45, 7) is 0.864. The van der Waals surface area contributed by atoms with Gasteiger partial charge in [-0.1, -0.05) is 18.6 Å². The van der Waals surface area contributed by atoms with Gasteiger partial charge in [0.25, 0.3) is 0 Å². The van der Waals surface area contributed by atoms with Gasteiger partial charge in [0.1, 0.15) is 5.75 Å². The minimum absolute atomic E-state index is 0.713. The normalized spacial score (nSPS) is 31.2. The van der Waals surface area contributed by atoms with Crippen molar-refractivity contribution in [2.75, 3.05) is 13.7 Å². The number of fused-ring (bicyclic) bond motifs is 3. The number of benzene rings is 1. The van der Waals surface area contributed by atoms with E-state index in [2.05, 4.69) is 30.6 Å². The second-order valence-corrected chi connectivity index (χ2v) is 7.31. The van der Waals surface area contributed by atoms with E-state index >= 15 is 0 Å². The molecule has 1 aromatic carbocycles. The number of hydrogen-bond donors (Lipinski definition) is 1. The quantitative estimate of drug-likeness (QED) is 0.893. The summed E-state index contributed by atoms with van der Waals surface area (Å²) < 4.78 is 5.60. The summed E-state index contributed by atoms with van der Waals surface area (Å²) in [6.07, 6.45) is 9.56. The second-order valence-electron chi connectivity index (χ2n) is 7.31. The van der Waals surface area contributed by atoms with Gasteiger partial charge >= 0.3 is 0 Å². The van der Waals surface area contributed by atoms with E-state index in [9.17, 15) is 0 Å². The maximum absolute atomic E-state index is 5.60. The Hall–Kier alpha value is -1.02. The molecule has 114 valence electrons. The topological polar surface area (TPSA) is 21.3 Å². The van der Waals surface area contributed by atoms with Crippen LogP contribution in [0.2, 0.25) is 0 Å². The van der Waals surface area contributed by atoms with Crippen LogP contribution in [-0.2, 0) is 12.8 Å². The van der Waals surface area contributed by atoms with E-state index in [4.69, 9.17) is 4.74 Å². The van der Waals surface area contributed by atoms with Crippen LogP contribution in [-0.4, -0.2) is 19.7 Å². The summed E-state index contributed by atoms with van der Waals surface area (Å²) in [5.74, 6) is 4.11. The van der Waals surface area contributed by atoms with Crippen LogP contribution in [0.1, 0.15) is 43.2 Å². The fourth-order valence-corrected chi connectivity index (χ4v) is 5.08. The third-order valence-electron chi connectivity index (χ3n) is 6.18. The molecule has 2 heteroatoms. The molecule has 0 amide bonds. The maximum Gasteiger partial charge on any atom is 0.122 e. The van der Waals surface area contributed by atoms with Crippen molar-refractivity contribution in [1.82, 2.24) is 5.32 Å². The first kappa shape index (κ1) is 13.6. The van der Waals surface area contributed by atoms with Gasteiger partial charge in [-0.25, -0.2) is 0 Å². The molecule has 1 aromatic rings. The van der Waals surface area contributed by atoms with E-state index in [-0.39, 0.29) is 0 Å². The Labute approximate surface area is 128 Å². The molecule has 4 atom stereocenters. The predicted octanol–water partition coefficient (Wildman–Crippen LogP) is 3.58. The molecule has 2 nitrogen and oxygen atoms in total. The molecule has 0 radical (unpaired) electrons. The average molecular weight is 285 g/mol. The van der Waals surface area contributed by atoms with E-state index in [0.29, 0.717) is 6.04 Å². The Morgan fingerprint density at radius 2 is 2.24 bits per heavy atom. The Balaban J connectivity index is 1.38. The zero-order valence-electron chi connectivity index (χ0n) is 13.1. The van der Waals surface area contributed by atoms with Gasteiger partial charge in [0.05, 0.1) is 6.61 Å². The van der Waals surface area contributed by atoms with Gasteiger partial charge < -0.3 is 10.1 Å². The van der Waals surface area contributed by atoms with Crippen molar-refractivity contribution in [3.05, 3.63) is 29.3 Å². The van der Waals surface area contributed by atoms with E-state index in [1.165, 1.54) is 49.7 Å². The van der Waals surface area contributed by atoms with Crippen molar-refractivity contribution in [3.63, 3.8) is 0 Å². The lowest BCUT2D eigenvalue weighted by molar-refractivity contribution is 0.247. The third kappa shape index (κ3) is 2.59. The fourth-order valence-electron chi connectivity index (χ4n) is 5.08. The molecule has 2 saturated carbocycles. The molecule has 1 heterocycles. The minimum Gasteiger partial charge on any atom is -0.493 e. The van der Waals surface area contributed by atoms with Crippen molar-refractivity contribution in [2.45, 2.75) is 51.0 Å². The maximum atomic E-state index is 5.60. The largest absolute Gasteiger partial charge is 0.493 e. The SMILES string of the molecule is CNC(CCc1ccc2c(c1)CCO2)C1CC2CCC1C2. The Morgan fingerprint density at radius 3 is 3.00 bits per heavy atom. The molecule has 4 rings (SSSR count). The van der Waals surface area contributed by atoms with Crippen molar-refractivity contribution in [1.29, 1.82) is 0 Å². The van der Waals surface area contributed by atoms with Crippen molar-refractivity contribution in [2.24, 2.45) is 17.8 Å². The highest BCUT2D eigenvalue weighted by atomic mass is 16.5. The van der Waals surface area contributed by atoms with Crippen LogP contribution < -0.4 is 10.1 Å². The number of ether oxygens (including phenoxy) is 1. The van der Waals surface area contributed by atoms with E-state index in [1.807, 2.05) is 0 Å². The van der Waals surface area contributed by atoms with Crippen molar-refractivity contribution < 1.29 is 4.74 Å². The van der Waals surface area contributed by atoms with Gasteiger partial charge in [-0.15, -0.1) is 0 Å². The average Bonchev–Trinajstić information content (AvgIpc) is 3.23. The monoisotopic (exact) mass is 285 g/mol. The molecule has 1 aliphatic heterocycles. The summed E-state index contributed by atoms with van der Waals surface area (Å²) in [7, 11) is 2.16. The standard InChI is InChI=1S/C19H27NO/c1-20-18(17-12-14-2-5-15(17)11-14)6-3-13-4-7-19-16(10-13)8-9-21-19/h4,7,10,14-15,17-18,20H,2-3,5-6,8-9,11-12H2,1H3. The summed E-state index contributed by atoms with van der Waals surface area (Å²) in [4.78, 5) is 0. The molecule has 1 N–H and O–H groups in total. The van der Waals surface area contributed by atoms with Crippen LogP contribution in [0.4, 0.5) is 0 Å². The van der Waals surface area contributed by atoms with E-state index in [0.717, 1.165) is 36.5 Å². The molecule has 2 bridgehead atoms. The number of hydrogen-bond acceptors (Lipinski definition) is 2. The Bertz CT molecular complexity index is 512. The molecule has 0 spiro atoms. The van der Waals surface area contributed by atoms with Crippen LogP contribution in [0.15, 0.2) is 18.2 Å². The zero-order valence-corrected chi connectivity index (χ0v) is 13.1. The first-order valence-electron chi connectivity index (χ1n) is 8.75. The molecule has 0 saturated heterocycles. The van der Waals surface area contributed by atoms with Gasteiger partial charge in [-0.2, -0.15) is 0 Å². The van der Waals surface area contributed by atoms with Crippen LogP contribution >= 0.6 is 0 Å². The molecule has 2 aliphatic carbocycles. The predicted molar refractivity (Wildman–Crippen MR) is 85.7 cm³/mol. The zero-order chi connectivity index (χ0) is 14.2. The smallest absolute Gasteiger partial charge is 0.122 e. The lowest BCUT2D eigenvalue weighted by Gasteiger charge is -2.30. The molecular formula is C19H27NO. The lowest BCUT2D eigenvalue weighted by atomic mass is 9.81. The molecular weight excluding hydrogens is 258 g/mol. The minimum atomic E-state index is 0.713. The lowest BCUT2D eigenvalue weighted by Crippen LogP contribution is -2.36. The molecule has 21 heavy (non-hydrogen) atoms. The highest BCUT2D eigenvalue weighted by molar-refractivity contribution is 5.39. The van der Waals surface area contributed by atoms with Crippen LogP contribution in [0, 0.1) is 17.8 Å². The van der Waals surface area contributed by atoms with Gasteiger partial charge in [-0.05, 0) is 74.1 Å². The summed E-state index contributed by atoms with van der Waals surface area (Å²) in [6, 6.07) is 7.52. The Morgan fingerprint density at radius 1 is 1.29 bits per heavy atom. The van der Waals surface area contributed by atoms with Gasteiger partial charge in [0.15, 0.2) is 0 Å². The first-order chi connectivity index (χ1) is 10.3. The van der Waals surface area contributed by atoms with Crippen LogP contribution in [0.25, 0.3) is 0 Å². The molecule has 3 aliphatic rings. The van der Waals surface area contributed by atoms with Gasteiger partial charge in [0, 0.05) is 12.5 Å². The summed E-state index contributed by atoms with van der Waals surface area (Å²) >= 11 is 0. The molecule has 0 aromatic heterocycles. The number of aryl methyl sites for hydroxylation is 1. The van der Waals surface area contributed by atoms with E-state index in [1.54, 1.807) is 0 Å². The van der Waals surface area contributed by atoms with Crippen molar-refractivity contribution >= 4 is 0 Å². The fraction of sp³-hybridized carbons (Fsp3) is 0.684. The highest BCUT2D eigenvalue weighted by Crippen LogP contribution is 2.50. The molecule has 2 fully saturated rings. The van der Waals surface area contributed by atoms with Gasteiger partial charge in [-0.3, -0.25) is 0 Å². The molecule has 4 unspecified atom stereocenters. The summed E-state index contributed by atoms with van der Waals surface area (Å²) in [5, 5.41) is 3.63. The first-order valence-corrected chi connectivity index (χ1v) is 8.75. The highest BCUT2D eigenvalue weighted by Gasteiger charge is 2.42. The van der Waals surface area contributed by atoms with Crippen molar-refractivity contribution in [3.8, 4) is 5.75 Å². The van der Waals surface area contributed by atoms with Crippen LogP contribution in [0.3, 0.4) is 0 Å². The Kier molecular flexibility index (Phi) is 3.66. The summed E-state index contributed by atoms with van der Waals surface area (Å²) in [5.41, 5.74) is 2.90. The third-order valence-corrected chi connectivity index (χ3v) is 6.18. The van der Waals surface area contributed by atoms with Gasteiger partial charge in [0.2, 0.25) is 0 Å². The van der Waals surface area contributed by atoms with Crippen LogP contribution in [0.5, 0.6) is 5.75 Å². The second kappa shape index (κ2) is 5.64. The number of rotatable bonds is 5. The van der Waals surface area contributed by atoms with E-state index < -0.39 is 0 Å². The number of nitrogens with one attached hydrogen (secondary N) is 1.